The van der Waals surface area contributed by atoms with Gasteiger partial charge in [-0.05, 0) is 36.5 Å². The van der Waals surface area contributed by atoms with Gasteiger partial charge in [-0.2, -0.15) is 0 Å². The molecule has 1 amide bonds. The Morgan fingerprint density at radius 1 is 1.30 bits per heavy atom. The molecule has 23 heavy (non-hydrogen) atoms. The molecule has 0 saturated carbocycles. The van der Waals surface area contributed by atoms with Gasteiger partial charge >= 0.3 is 0 Å². The molecule has 1 aromatic rings. The van der Waals surface area contributed by atoms with Crippen LogP contribution in [0.1, 0.15) is 48.7 Å². The third-order valence-corrected chi connectivity index (χ3v) is 5.93. The maximum absolute atomic E-state index is 12.6. The number of rotatable bonds is 3. The molecule has 128 valence electrons. The second-order valence-electron chi connectivity index (χ2n) is 7.19. The van der Waals surface area contributed by atoms with Crippen LogP contribution in [-0.2, 0) is 15.3 Å². The van der Waals surface area contributed by atoms with Crippen LogP contribution in [-0.4, -0.2) is 39.0 Å². The first-order valence-corrected chi connectivity index (χ1v) is 9.56. The van der Waals surface area contributed by atoms with Crippen LogP contribution in [0.25, 0.3) is 0 Å². The number of sulfone groups is 1. The molecule has 0 spiro atoms. The second kappa shape index (κ2) is 6.15. The second-order valence-corrected chi connectivity index (χ2v) is 9.42. The van der Waals surface area contributed by atoms with Gasteiger partial charge in [-0.1, -0.05) is 20.8 Å². The fraction of sp³-hybridized carbons (Fsp3) is 0.588. The van der Waals surface area contributed by atoms with Crippen molar-refractivity contribution in [3.05, 3.63) is 28.8 Å². The van der Waals surface area contributed by atoms with Crippen molar-refractivity contribution in [3.63, 3.8) is 0 Å². The van der Waals surface area contributed by atoms with E-state index in [1.54, 1.807) is 7.11 Å². The monoisotopic (exact) mass is 339 g/mol. The zero-order valence-corrected chi connectivity index (χ0v) is 15.2. The van der Waals surface area contributed by atoms with Crippen molar-refractivity contribution in [1.29, 1.82) is 0 Å². The summed E-state index contributed by atoms with van der Waals surface area (Å²) in [6.45, 7) is 8.04. The van der Waals surface area contributed by atoms with Gasteiger partial charge in [0, 0.05) is 17.2 Å². The number of hydrogen-bond acceptors (Lipinski definition) is 4. The van der Waals surface area contributed by atoms with Gasteiger partial charge in [0.15, 0.2) is 9.84 Å². The predicted molar refractivity (Wildman–Crippen MR) is 91.0 cm³/mol. The molecule has 1 aliphatic heterocycles. The van der Waals surface area contributed by atoms with E-state index in [-0.39, 0.29) is 28.9 Å². The Hall–Kier alpha value is -1.56. The average Bonchev–Trinajstić information content (AvgIpc) is 2.75. The van der Waals surface area contributed by atoms with Crippen molar-refractivity contribution in [3.8, 4) is 5.75 Å². The first-order valence-electron chi connectivity index (χ1n) is 7.74. The maximum Gasteiger partial charge on any atom is 0.251 e. The van der Waals surface area contributed by atoms with Crippen molar-refractivity contribution >= 4 is 15.7 Å². The highest BCUT2D eigenvalue weighted by molar-refractivity contribution is 7.91. The van der Waals surface area contributed by atoms with E-state index in [2.05, 4.69) is 26.1 Å². The van der Waals surface area contributed by atoms with Gasteiger partial charge in [0.1, 0.15) is 5.75 Å². The first kappa shape index (κ1) is 17.8. The normalized spacial score (nSPS) is 20.3. The van der Waals surface area contributed by atoms with E-state index in [9.17, 15) is 13.2 Å². The summed E-state index contributed by atoms with van der Waals surface area (Å²) < 4.78 is 28.5. The molecule has 6 heteroatoms. The van der Waals surface area contributed by atoms with E-state index < -0.39 is 9.84 Å². The molecule has 1 heterocycles. The van der Waals surface area contributed by atoms with Crippen molar-refractivity contribution in [2.75, 3.05) is 18.6 Å². The standard InChI is InChI=1S/C17H25NO4S/c1-11-8-15(22-5)14(17(2,3)4)9-13(11)16(19)18-12-6-7-23(20,21)10-12/h8-9,12H,6-7,10H2,1-5H3,(H,18,19). The highest BCUT2D eigenvalue weighted by Gasteiger charge is 2.30. The van der Waals surface area contributed by atoms with E-state index in [0.717, 1.165) is 16.9 Å². The fourth-order valence-electron chi connectivity index (χ4n) is 2.85. The number of carbonyl (C=O) groups excluding carboxylic acids is 1. The van der Waals surface area contributed by atoms with Crippen LogP contribution in [0.15, 0.2) is 12.1 Å². The van der Waals surface area contributed by atoms with Crippen molar-refractivity contribution in [1.82, 2.24) is 5.32 Å². The molecule has 1 unspecified atom stereocenters. The Morgan fingerprint density at radius 3 is 2.43 bits per heavy atom. The largest absolute Gasteiger partial charge is 0.496 e. The number of carbonyl (C=O) groups is 1. The minimum atomic E-state index is -3.01. The quantitative estimate of drug-likeness (QED) is 0.916. The Bertz CT molecular complexity index is 717. The van der Waals surface area contributed by atoms with Gasteiger partial charge in [0.25, 0.3) is 5.91 Å². The number of amides is 1. The van der Waals surface area contributed by atoms with Crippen LogP contribution in [0.5, 0.6) is 5.75 Å². The SMILES string of the molecule is COc1cc(C)c(C(=O)NC2CCS(=O)(=O)C2)cc1C(C)(C)C. The Balaban J connectivity index is 2.30. The third kappa shape index (κ3) is 4.05. The summed E-state index contributed by atoms with van der Waals surface area (Å²) in [5.41, 5.74) is 2.17. The van der Waals surface area contributed by atoms with E-state index in [0.29, 0.717) is 12.0 Å². The molecule has 1 fully saturated rings. The van der Waals surface area contributed by atoms with Crippen LogP contribution in [0.3, 0.4) is 0 Å². The minimum absolute atomic E-state index is 0.0278. The lowest BCUT2D eigenvalue weighted by Crippen LogP contribution is -2.36. The number of nitrogens with one attached hydrogen (secondary N) is 1. The van der Waals surface area contributed by atoms with Crippen LogP contribution in [0.2, 0.25) is 0 Å². The molecule has 0 aromatic heterocycles. The summed E-state index contributed by atoms with van der Waals surface area (Å²) in [5, 5.41) is 2.85. The smallest absolute Gasteiger partial charge is 0.251 e. The van der Waals surface area contributed by atoms with E-state index in [1.807, 2.05) is 19.1 Å². The summed E-state index contributed by atoms with van der Waals surface area (Å²) in [7, 11) is -1.39. The van der Waals surface area contributed by atoms with E-state index in [1.165, 1.54) is 0 Å². The molecule has 0 radical (unpaired) electrons. The number of ether oxygens (including phenoxy) is 1. The maximum atomic E-state index is 12.6. The van der Waals surface area contributed by atoms with Crippen molar-refractivity contribution in [2.45, 2.75) is 45.6 Å². The van der Waals surface area contributed by atoms with Gasteiger partial charge in [0.05, 0.1) is 18.6 Å². The van der Waals surface area contributed by atoms with Crippen LogP contribution in [0.4, 0.5) is 0 Å². The van der Waals surface area contributed by atoms with Gasteiger partial charge in [-0.3, -0.25) is 4.79 Å². The predicted octanol–water partition coefficient (Wildman–Crippen LogP) is 2.22. The van der Waals surface area contributed by atoms with Gasteiger partial charge in [-0.15, -0.1) is 0 Å². The van der Waals surface area contributed by atoms with Crippen LogP contribution in [0, 0.1) is 6.92 Å². The number of hydrogen-bond donors (Lipinski definition) is 1. The molecule has 0 bridgehead atoms. The summed E-state index contributed by atoms with van der Waals surface area (Å²) in [6, 6.07) is 3.42. The zero-order valence-electron chi connectivity index (χ0n) is 14.4. The van der Waals surface area contributed by atoms with Gasteiger partial charge in [-0.25, -0.2) is 8.42 Å². The lowest BCUT2D eigenvalue weighted by molar-refractivity contribution is 0.0940. The number of methoxy groups -OCH3 is 1. The Labute approximate surface area is 138 Å². The highest BCUT2D eigenvalue weighted by Crippen LogP contribution is 2.33. The Kier molecular flexibility index (Phi) is 4.76. The molecule has 5 nitrogen and oxygen atoms in total. The van der Waals surface area contributed by atoms with Gasteiger partial charge < -0.3 is 10.1 Å². The summed E-state index contributed by atoms with van der Waals surface area (Å²) in [4.78, 5) is 12.6. The summed E-state index contributed by atoms with van der Waals surface area (Å²) >= 11 is 0. The molecule has 1 N–H and O–H groups in total. The molecule has 1 saturated heterocycles. The molecular formula is C17H25NO4S. The molecule has 1 atom stereocenters. The van der Waals surface area contributed by atoms with Crippen LogP contribution >= 0.6 is 0 Å². The van der Waals surface area contributed by atoms with Crippen molar-refractivity contribution in [2.24, 2.45) is 0 Å². The molecule has 2 rings (SSSR count). The highest BCUT2D eigenvalue weighted by atomic mass is 32.2. The lowest BCUT2D eigenvalue weighted by atomic mass is 9.84. The Morgan fingerprint density at radius 2 is 1.96 bits per heavy atom. The third-order valence-electron chi connectivity index (χ3n) is 4.17. The zero-order chi connectivity index (χ0) is 17.4. The minimum Gasteiger partial charge on any atom is -0.496 e. The number of benzene rings is 1. The summed E-state index contributed by atoms with van der Waals surface area (Å²) in [5.74, 6) is 0.708. The fourth-order valence-corrected chi connectivity index (χ4v) is 4.53. The topological polar surface area (TPSA) is 72.5 Å². The summed E-state index contributed by atoms with van der Waals surface area (Å²) in [6.07, 6.45) is 0.482. The first-order chi connectivity index (χ1) is 10.5. The number of aryl methyl sites for hydroxylation is 1. The van der Waals surface area contributed by atoms with E-state index in [4.69, 9.17) is 4.74 Å². The van der Waals surface area contributed by atoms with Crippen LogP contribution < -0.4 is 10.1 Å². The average molecular weight is 339 g/mol. The van der Waals surface area contributed by atoms with E-state index >= 15 is 0 Å². The lowest BCUT2D eigenvalue weighted by Gasteiger charge is -2.24. The molecule has 1 aliphatic rings. The molecule has 0 aliphatic carbocycles. The molecule has 1 aromatic carbocycles. The molecular weight excluding hydrogens is 314 g/mol. The van der Waals surface area contributed by atoms with Crippen molar-refractivity contribution < 1.29 is 17.9 Å². The van der Waals surface area contributed by atoms with Gasteiger partial charge in [0.2, 0.25) is 0 Å².